The van der Waals surface area contributed by atoms with Gasteiger partial charge in [0.1, 0.15) is 6.33 Å². The Morgan fingerprint density at radius 1 is 1.28 bits per heavy atom. The first-order valence-electron chi connectivity index (χ1n) is 11.5. The number of rotatable bonds is 7. The van der Waals surface area contributed by atoms with Gasteiger partial charge in [-0.15, -0.1) is 10.2 Å². The van der Waals surface area contributed by atoms with Crippen LogP contribution in [0, 0.1) is 5.92 Å². The Hall–Kier alpha value is -3.86. The maximum atomic E-state index is 12.7. The van der Waals surface area contributed by atoms with Gasteiger partial charge in [-0.2, -0.15) is 5.10 Å². The zero-order valence-electron chi connectivity index (χ0n) is 20.5. The lowest BCUT2D eigenvalue weighted by molar-refractivity contribution is -0.117. The minimum absolute atomic E-state index is 0.0841. The fraction of sp³-hybridized carbons (Fsp3) is 0.333. The monoisotopic (exact) mass is 439 g/mol. The first kappa shape index (κ1) is 17.8. The van der Waals surface area contributed by atoms with E-state index < -0.39 is 19.0 Å². The van der Waals surface area contributed by atoms with Crippen molar-refractivity contribution in [3.8, 4) is 11.4 Å². The lowest BCUT2D eigenvalue weighted by atomic mass is 10.00. The average molecular weight is 439 g/mol. The molecule has 2 amide bonds. The van der Waals surface area contributed by atoms with Crippen LogP contribution in [0.3, 0.4) is 0 Å². The number of aryl methyl sites for hydroxylation is 1. The molecule has 166 valence electrons. The van der Waals surface area contributed by atoms with Gasteiger partial charge in [-0.05, 0) is 25.8 Å². The van der Waals surface area contributed by atoms with Crippen LogP contribution < -0.4 is 16.0 Å². The van der Waals surface area contributed by atoms with Gasteiger partial charge in [0, 0.05) is 46.9 Å². The molecular weight excluding hydrogens is 412 g/mol. The highest BCUT2D eigenvalue weighted by Gasteiger charge is 2.30. The summed E-state index contributed by atoms with van der Waals surface area (Å²) in [6.07, 6.45) is 2.14. The van der Waals surface area contributed by atoms with Gasteiger partial charge in [0.15, 0.2) is 17.3 Å². The van der Waals surface area contributed by atoms with Gasteiger partial charge < -0.3 is 21.1 Å². The van der Waals surface area contributed by atoms with E-state index in [2.05, 4.69) is 30.9 Å². The summed E-state index contributed by atoms with van der Waals surface area (Å²) in [5, 5.41) is 30.2. The molecule has 3 aromatic rings. The molecule has 1 atom stereocenters. The van der Waals surface area contributed by atoms with Gasteiger partial charge in [0.25, 0.3) is 5.91 Å². The van der Waals surface area contributed by atoms with Gasteiger partial charge in [-0.3, -0.25) is 14.3 Å². The minimum atomic E-state index is -2.75. The van der Waals surface area contributed by atoms with E-state index in [0.29, 0.717) is 22.6 Å². The Bertz CT molecular complexity index is 1270. The number of hydrogen-bond donors (Lipinski definition) is 4. The number of carbonyl (C=O) groups is 2. The molecule has 0 aliphatic heterocycles. The van der Waals surface area contributed by atoms with Crippen LogP contribution in [0.15, 0.2) is 30.6 Å². The predicted octanol–water partition coefficient (Wildman–Crippen LogP) is 1.78. The summed E-state index contributed by atoms with van der Waals surface area (Å²) in [7, 11) is 1.72. The maximum absolute atomic E-state index is 12.7. The average Bonchev–Trinajstić information content (AvgIpc) is 3.53. The van der Waals surface area contributed by atoms with E-state index in [1.165, 1.54) is 17.1 Å². The summed E-state index contributed by atoms with van der Waals surface area (Å²) >= 11 is 0. The molecule has 1 aliphatic rings. The number of aliphatic hydroxyl groups excluding tert-OH is 1. The molecule has 4 N–H and O–H groups in total. The van der Waals surface area contributed by atoms with E-state index in [4.69, 9.17) is 4.11 Å². The second kappa shape index (κ2) is 8.71. The third-order valence-corrected chi connectivity index (χ3v) is 4.96. The highest BCUT2D eigenvalue weighted by atomic mass is 16.3. The summed E-state index contributed by atoms with van der Waals surface area (Å²) in [6.45, 7) is -1.18. The number of nitrogens with one attached hydrogen (secondary N) is 3. The summed E-state index contributed by atoms with van der Waals surface area (Å²) in [5.41, 5.74) is 1.19. The molecule has 11 heteroatoms. The van der Waals surface area contributed by atoms with Crippen LogP contribution in [-0.4, -0.2) is 48.9 Å². The predicted molar refractivity (Wildman–Crippen MR) is 117 cm³/mol. The van der Waals surface area contributed by atoms with Gasteiger partial charge in [-0.25, -0.2) is 4.98 Å². The van der Waals surface area contributed by atoms with Crippen molar-refractivity contribution in [3.05, 3.63) is 41.9 Å². The zero-order chi connectivity index (χ0) is 25.3. The normalized spacial score (nSPS) is 15.8. The van der Waals surface area contributed by atoms with Crippen LogP contribution in [0.2, 0.25) is 0 Å². The second-order valence-corrected chi connectivity index (χ2v) is 7.52. The van der Waals surface area contributed by atoms with Crippen LogP contribution in [0.5, 0.6) is 0 Å². The summed E-state index contributed by atoms with van der Waals surface area (Å²) in [6, 6.07) is 6.52. The van der Waals surface area contributed by atoms with E-state index >= 15 is 0 Å². The first-order valence-corrected chi connectivity index (χ1v) is 9.97. The van der Waals surface area contributed by atoms with E-state index in [-0.39, 0.29) is 29.0 Å². The number of benzene rings is 1. The Balaban J connectivity index is 1.75. The molecule has 1 aromatic carbocycles. The molecule has 1 unspecified atom stereocenters. The van der Waals surface area contributed by atoms with E-state index in [0.717, 1.165) is 12.8 Å². The number of nitrogens with zero attached hydrogens (tertiary/aromatic N) is 5. The van der Waals surface area contributed by atoms with Crippen molar-refractivity contribution >= 4 is 29.0 Å². The fourth-order valence-corrected chi connectivity index (χ4v) is 3.28. The standard InChI is InChI=1S/C21H24N8O3/c1-11(30)17-13(19-23-10-29(3)28-19)5-4-6-14(17)24-15-9-16(25-20(31)12-7-8-12)26-27-18(15)21(32)22-2/h4-6,9-12,30H,7-8H2,1-3H3,(H,22,32)(H2,24,25,26,31)/i2D3. The quantitative estimate of drug-likeness (QED) is 0.436. The molecule has 11 nitrogen and oxygen atoms in total. The maximum Gasteiger partial charge on any atom is 0.273 e. The Morgan fingerprint density at radius 3 is 2.75 bits per heavy atom. The number of carbonyl (C=O) groups excluding carboxylic acids is 2. The number of aromatic nitrogens is 5. The Labute approximate surface area is 188 Å². The fourth-order valence-electron chi connectivity index (χ4n) is 3.28. The molecule has 0 bridgehead atoms. The molecule has 1 saturated carbocycles. The molecular formula is C21H24N8O3. The van der Waals surface area contributed by atoms with Crippen molar-refractivity contribution in [1.82, 2.24) is 30.3 Å². The first-order chi connectivity index (χ1) is 16.5. The van der Waals surface area contributed by atoms with E-state index in [9.17, 15) is 14.7 Å². The zero-order valence-corrected chi connectivity index (χ0v) is 17.5. The number of anilines is 3. The molecule has 1 fully saturated rings. The lowest BCUT2D eigenvalue weighted by Gasteiger charge is -2.18. The minimum Gasteiger partial charge on any atom is -0.389 e. The van der Waals surface area contributed by atoms with Gasteiger partial charge >= 0.3 is 0 Å². The van der Waals surface area contributed by atoms with Crippen LogP contribution in [0.4, 0.5) is 17.2 Å². The van der Waals surface area contributed by atoms with Crippen molar-refractivity contribution in [1.29, 1.82) is 0 Å². The van der Waals surface area contributed by atoms with Crippen LogP contribution >= 0.6 is 0 Å². The van der Waals surface area contributed by atoms with Gasteiger partial charge in [-0.1, -0.05) is 12.1 Å². The lowest BCUT2D eigenvalue weighted by Crippen LogP contribution is -2.22. The van der Waals surface area contributed by atoms with Crippen LogP contribution in [0.1, 0.15) is 46.0 Å². The van der Waals surface area contributed by atoms with Crippen molar-refractivity contribution in [3.63, 3.8) is 0 Å². The SMILES string of the molecule is [2H]C([2H])([2H])NC(=O)c1nnc(NC(=O)C2CC2)cc1Nc1cccc(-c2ncn(C)n2)c1C(C)O. The number of amides is 2. The van der Waals surface area contributed by atoms with Gasteiger partial charge in [0.05, 0.1) is 11.8 Å². The second-order valence-electron chi connectivity index (χ2n) is 7.52. The third kappa shape index (κ3) is 4.42. The van der Waals surface area contributed by atoms with E-state index in [1.54, 1.807) is 32.2 Å². The highest BCUT2D eigenvalue weighted by molar-refractivity contribution is 5.99. The Morgan fingerprint density at radius 2 is 2.09 bits per heavy atom. The third-order valence-electron chi connectivity index (χ3n) is 4.96. The number of hydrogen-bond acceptors (Lipinski definition) is 8. The summed E-state index contributed by atoms with van der Waals surface area (Å²) in [5.74, 6) is -0.802. The topological polar surface area (TPSA) is 147 Å². The van der Waals surface area contributed by atoms with Crippen molar-refractivity contribution in [2.75, 3.05) is 17.6 Å². The van der Waals surface area contributed by atoms with Crippen molar-refractivity contribution in [2.45, 2.75) is 25.9 Å². The molecule has 32 heavy (non-hydrogen) atoms. The molecule has 4 rings (SSSR count). The Kier molecular flexibility index (Phi) is 4.84. The van der Waals surface area contributed by atoms with Crippen molar-refractivity contribution in [2.24, 2.45) is 13.0 Å². The molecule has 0 radical (unpaired) electrons. The highest BCUT2D eigenvalue weighted by Crippen LogP contribution is 2.35. The number of aliphatic hydroxyl groups is 1. The summed E-state index contributed by atoms with van der Waals surface area (Å²) < 4.78 is 23.5. The largest absolute Gasteiger partial charge is 0.389 e. The van der Waals surface area contributed by atoms with Gasteiger partial charge in [0.2, 0.25) is 5.91 Å². The molecule has 1 aliphatic carbocycles. The van der Waals surface area contributed by atoms with Crippen molar-refractivity contribution < 1.29 is 18.8 Å². The smallest absolute Gasteiger partial charge is 0.273 e. The molecule has 0 spiro atoms. The molecule has 2 heterocycles. The molecule has 0 saturated heterocycles. The molecule has 2 aromatic heterocycles. The van der Waals surface area contributed by atoms with Crippen LogP contribution in [0.25, 0.3) is 11.4 Å². The van der Waals surface area contributed by atoms with Crippen LogP contribution in [-0.2, 0) is 11.8 Å². The summed E-state index contributed by atoms with van der Waals surface area (Å²) in [4.78, 5) is 29.1. The van der Waals surface area contributed by atoms with E-state index in [1.807, 2.05) is 5.32 Å².